The van der Waals surface area contributed by atoms with Crippen LogP contribution in [0.15, 0.2) is 0 Å². The van der Waals surface area contributed by atoms with E-state index in [1.165, 1.54) is 0 Å². The molecule has 180 valence electrons. The molecule has 3 saturated heterocycles. The molecule has 0 radical (unpaired) electrons. The van der Waals surface area contributed by atoms with Gasteiger partial charge in [-0.25, -0.2) is 16.8 Å². The van der Waals surface area contributed by atoms with E-state index in [-0.39, 0.29) is 46.9 Å². The lowest BCUT2D eigenvalue weighted by Crippen LogP contribution is -2.45. The minimum Gasteiger partial charge on any atom is -0.341 e. The Kier molecular flexibility index (Phi) is 6.45. The number of piperidine rings is 1. The first-order valence-corrected chi connectivity index (χ1v) is 15.0. The molecular weight excluding hydrogens is 452 g/mol. The summed E-state index contributed by atoms with van der Waals surface area (Å²) in [6, 6.07) is -0.0264. The van der Waals surface area contributed by atoms with Crippen molar-refractivity contribution in [3.63, 3.8) is 0 Å². The van der Waals surface area contributed by atoms with Gasteiger partial charge >= 0.3 is 0 Å². The van der Waals surface area contributed by atoms with Gasteiger partial charge in [0.2, 0.25) is 5.91 Å². The molecule has 1 aromatic heterocycles. The fraction of sp³-hybridized carbons (Fsp3) is 0.810. The molecule has 0 bridgehead atoms. The SMILES string of the molecule is Cc1nn([C@H]2CCS(=O)(=O)C2)c(C)c1CN(C)C(=O)C1CCN([C@H]2CCS(=O)(=O)C2)CC1. The van der Waals surface area contributed by atoms with Crippen LogP contribution in [-0.2, 0) is 31.0 Å². The summed E-state index contributed by atoms with van der Waals surface area (Å²) in [5.41, 5.74) is 2.75. The number of carbonyl (C=O) groups is 1. The Morgan fingerprint density at radius 1 is 0.969 bits per heavy atom. The average Bonchev–Trinajstić information content (AvgIpc) is 3.37. The van der Waals surface area contributed by atoms with Crippen molar-refractivity contribution in [2.75, 3.05) is 43.1 Å². The van der Waals surface area contributed by atoms with E-state index >= 15 is 0 Å². The van der Waals surface area contributed by atoms with Crippen molar-refractivity contribution >= 4 is 25.6 Å². The second-order valence-corrected chi connectivity index (χ2v) is 14.2. The highest BCUT2D eigenvalue weighted by Crippen LogP contribution is 2.29. The third-order valence-corrected chi connectivity index (χ3v) is 10.9. The molecule has 3 aliphatic heterocycles. The molecule has 3 aliphatic rings. The molecule has 0 aliphatic carbocycles. The number of carbonyl (C=O) groups excluding carboxylic acids is 1. The first kappa shape index (κ1) is 23.7. The maximum absolute atomic E-state index is 13.1. The van der Waals surface area contributed by atoms with Crippen LogP contribution in [0.4, 0.5) is 0 Å². The molecule has 9 nitrogen and oxygen atoms in total. The van der Waals surface area contributed by atoms with Gasteiger partial charge in [0.05, 0.1) is 34.7 Å². The Labute approximate surface area is 191 Å². The number of aryl methyl sites for hydroxylation is 1. The van der Waals surface area contributed by atoms with E-state index < -0.39 is 19.7 Å². The molecule has 0 aromatic carbocycles. The van der Waals surface area contributed by atoms with Crippen LogP contribution < -0.4 is 0 Å². The van der Waals surface area contributed by atoms with Crippen molar-refractivity contribution < 1.29 is 21.6 Å². The molecule has 0 unspecified atom stereocenters. The van der Waals surface area contributed by atoms with Gasteiger partial charge in [-0.2, -0.15) is 5.10 Å². The fourth-order valence-corrected chi connectivity index (χ4v) is 8.90. The Morgan fingerprint density at radius 2 is 1.53 bits per heavy atom. The number of rotatable bonds is 5. The normalized spacial score (nSPS) is 28.2. The Bertz CT molecular complexity index is 1090. The van der Waals surface area contributed by atoms with Crippen molar-refractivity contribution in [1.29, 1.82) is 0 Å². The molecule has 1 amide bonds. The highest BCUT2D eigenvalue weighted by Gasteiger charge is 2.36. The number of sulfone groups is 2. The molecule has 4 rings (SSSR count). The van der Waals surface area contributed by atoms with Crippen molar-refractivity contribution in [1.82, 2.24) is 19.6 Å². The summed E-state index contributed by atoms with van der Waals surface area (Å²) in [7, 11) is -4.08. The average molecular weight is 487 g/mol. The highest BCUT2D eigenvalue weighted by molar-refractivity contribution is 7.91. The number of hydrogen-bond acceptors (Lipinski definition) is 7. The topological polar surface area (TPSA) is 110 Å². The number of nitrogens with zero attached hydrogens (tertiary/aromatic N) is 4. The number of likely N-dealkylation sites (tertiary alicyclic amines) is 1. The van der Waals surface area contributed by atoms with Gasteiger partial charge in [0.15, 0.2) is 19.7 Å². The molecule has 1 aromatic rings. The summed E-state index contributed by atoms with van der Waals surface area (Å²) < 4.78 is 49.1. The maximum atomic E-state index is 13.1. The van der Waals surface area contributed by atoms with Crippen molar-refractivity contribution in [2.24, 2.45) is 5.92 Å². The molecule has 3 fully saturated rings. The summed E-state index contributed by atoms with van der Waals surface area (Å²) in [4.78, 5) is 17.1. The first-order chi connectivity index (χ1) is 15.0. The van der Waals surface area contributed by atoms with E-state index in [2.05, 4.69) is 10.00 Å². The minimum absolute atomic E-state index is 0.0510. The molecular formula is C21H34N4O5S2. The Morgan fingerprint density at radius 3 is 2.06 bits per heavy atom. The van der Waals surface area contributed by atoms with Crippen LogP contribution in [0.3, 0.4) is 0 Å². The summed E-state index contributed by atoms with van der Waals surface area (Å²) >= 11 is 0. The largest absolute Gasteiger partial charge is 0.341 e. The van der Waals surface area contributed by atoms with Crippen LogP contribution in [0.1, 0.15) is 48.7 Å². The van der Waals surface area contributed by atoms with Crippen LogP contribution in [0.2, 0.25) is 0 Å². The third-order valence-electron chi connectivity index (χ3n) is 7.40. The van der Waals surface area contributed by atoms with Gasteiger partial charge in [0.1, 0.15) is 0 Å². The van der Waals surface area contributed by atoms with E-state index in [0.29, 0.717) is 19.4 Å². The molecule has 4 heterocycles. The standard InChI is InChI=1S/C21H34N4O5S2/c1-15-20(16(2)25(22-15)19-7-11-32(29,30)14-19)12-23(3)21(26)17-4-8-24(9-5-17)18-6-10-31(27,28)13-18/h17-19H,4-14H2,1-3H3/t18-,19-/m0/s1. The van der Waals surface area contributed by atoms with Gasteiger partial charge in [-0.3, -0.25) is 14.4 Å². The molecule has 11 heteroatoms. The second kappa shape index (κ2) is 8.72. The summed E-state index contributed by atoms with van der Waals surface area (Å²) in [5, 5.41) is 4.61. The van der Waals surface area contributed by atoms with Crippen LogP contribution in [-0.4, -0.2) is 91.5 Å². The van der Waals surface area contributed by atoms with E-state index in [1.54, 1.807) is 4.90 Å². The van der Waals surface area contributed by atoms with Crippen molar-refractivity contribution in [3.8, 4) is 0 Å². The van der Waals surface area contributed by atoms with Gasteiger partial charge in [-0.15, -0.1) is 0 Å². The Hall–Kier alpha value is -1.46. The number of amides is 1. The monoisotopic (exact) mass is 486 g/mol. The zero-order valence-electron chi connectivity index (χ0n) is 19.2. The predicted molar refractivity (Wildman–Crippen MR) is 122 cm³/mol. The van der Waals surface area contributed by atoms with Gasteiger partial charge in [-0.05, 0) is 52.6 Å². The van der Waals surface area contributed by atoms with E-state index in [9.17, 15) is 21.6 Å². The van der Waals surface area contributed by atoms with Crippen LogP contribution in [0, 0.1) is 19.8 Å². The number of aromatic nitrogens is 2. The van der Waals surface area contributed by atoms with E-state index in [0.717, 1.165) is 42.9 Å². The highest BCUT2D eigenvalue weighted by atomic mass is 32.2. The summed E-state index contributed by atoms with van der Waals surface area (Å²) in [6.07, 6.45) is 2.78. The van der Waals surface area contributed by atoms with Crippen LogP contribution in [0.25, 0.3) is 0 Å². The van der Waals surface area contributed by atoms with Gasteiger partial charge in [0, 0.05) is 36.8 Å². The zero-order valence-corrected chi connectivity index (χ0v) is 20.8. The van der Waals surface area contributed by atoms with E-state index in [4.69, 9.17) is 0 Å². The lowest BCUT2D eigenvalue weighted by atomic mass is 9.94. The maximum Gasteiger partial charge on any atom is 0.225 e. The van der Waals surface area contributed by atoms with Gasteiger partial charge in [0.25, 0.3) is 0 Å². The molecule has 0 spiro atoms. The van der Waals surface area contributed by atoms with Crippen LogP contribution >= 0.6 is 0 Å². The summed E-state index contributed by atoms with van der Waals surface area (Å²) in [6.45, 7) is 5.84. The molecule has 2 atom stereocenters. The van der Waals surface area contributed by atoms with Crippen LogP contribution in [0.5, 0.6) is 0 Å². The van der Waals surface area contributed by atoms with Gasteiger partial charge in [-0.1, -0.05) is 0 Å². The second-order valence-electron chi connectivity index (χ2n) is 9.71. The fourth-order valence-electron chi connectivity index (χ4n) is 5.45. The lowest BCUT2D eigenvalue weighted by Gasteiger charge is -2.36. The van der Waals surface area contributed by atoms with E-state index in [1.807, 2.05) is 25.6 Å². The molecule has 0 saturated carbocycles. The minimum atomic E-state index is -2.99. The quantitative estimate of drug-likeness (QED) is 0.603. The lowest BCUT2D eigenvalue weighted by molar-refractivity contribution is -0.136. The predicted octanol–water partition coefficient (Wildman–Crippen LogP) is 0.717. The zero-order chi connectivity index (χ0) is 23.3. The van der Waals surface area contributed by atoms with Crippen molar-refractivity contribution in [2.45, 2.75) is 58.2 Å². The summed E-state index contributed by atoms with van der Waals surface area (Å²) in [5.74, 6) is 0.914. The first-order valence-electron chi connectivity index (χ1n) is 11.4. The number of hydrogen-bond donors (Lipinski definition) is 0. The smallest absolute Gasteiger partial charge is 0.225 e. The molecule has 0 N–H and O–H groups in total. The van der Waals surface area contributed by atoms with Crippen molar-refractivity contribution in [3.05, 3.63) is 17.0 Å². The third kappa shape index (κ3) is 4.89. The Balaban J connectivity index is 1.35. The molecule has 32 heavy (non-hydrogen) atoms. The van der Waals surface area contributed by atoms with Gasteiger partial charge < -0.3 is 4.90 Å².